The quantitative estimate of drug-likeness (QED) is 0.432. The Bertz CT molecular complexity index is 1350. The first-order valence-electron chi connectivity index (χ1n) is 10.9. The molecule has 9 nitrogen and oxygen atoms in total. The van der Waals surface area contributed by atoms with Gasteiger partial charge in [-0.05, 0) is 38.1 Å². The highest BCUT2D eigenvalue weighted by Crippen LogP contribution is 2.34. The summed E-state index contributed by atoms with van der Waals surface area (Å²) < 4.78 is 43.5. The van der Waals surface area contributed by atoms with Crippen molar-refractivity contribution in [1.82, 2.24) is 0 Å². The summed E-state index contributed by atoms with van der Waals surface area (Å²) in [6, 6.07) is 15.9. The Morgan fingerprint density at radius 2 is 1.36 bits per heavy atom. The highest BCUT2D eigenvalue weighted by molar-refractivity contribution is 7.92. The van der Waals surface area contributed by atoms with Crippen LogP contribution in [0.15, 0.2) is 65.6 Å². The van der Waals surface area contributed by atoms with Crippen LogP contribution in [0.1, 0.15) is 21.5 Å². The Hall–Kier alpha value is -4.05. The van der Waals surface area contributed by atoms with Crippen molar-refractivity contribution in [2.24, 2.45) is 0 Å². The van der Waals surface area contributed by atoms with Gasteiger partial charge in [-0.2, -0.15) is 0 Å². The summed E-state index contributed by atoms with van der Waals surface area (Å²) in [6.45, 7) is 3.18. The summed E-state index contributed by atoms with van der Waals surface area (Å²) in [7, 11) is -0.0627. The van der Waals surface area contributed by atoms with Gasteiger partial charge in [-0.25, -0.2) is 13.2 Å². The topological polar surface area (TPSA) is 111 Å². The fraction of sp³-hybridized carbons (Fsp3) is 0.231. The molecule has 0 bridgehead atoms. The summed E-state index contributed by atoms with van der Waals surface area (Å²) in [5.74, 6) is -0.861. The normalized spacial score (nSPS) is 10.9. The smallest absolute Gasteiger partial charge is 0.340 e. The minimum Gasteiger partial charge on any atom is -0.493 e. The molecular formula is C26H28N2O7S. The van der Waals surface area contributed by atoms with Gasteiger partial charge in [0.1, 0.15) is 6.54 Å². The number of sulfonamides is 1. The van der Waals surface area contributed by atoms with Crippen molar-refractivity contribution in [1.29, 1.82) is 0 Å². The second-order valence-corrected chi connectivity index (χ2v) is 9.82. The molecule has 0 spiro atoms. The van der Waals surface area contributed by atoms with E-state index in [9.17, 15) is 18.0 Å². The molecule has 190 valence electrons. The lowest BCUT2D eigenvalue weighted by molar-refractivity contribution is -0.114. The minimum atomic E-state index is -4.09. The summed E-state index contributed by atoms with van der Waals surface area (Å²) in [5, 5.41) is 2.61. The molecule has 1 amide bonds. The molecule has 3 rings (SSSR count). The van der Waals surface area contributed by atoms with Crippen molar-refractivity contribution in [3.05, 3.63) is 77.4 Å². The molecule has 0 saturated carbocycles. The average molecular weight is 513 g/mol. The van der Waals surface area contributed by atoms with E-state index in [1.165, 1.54) is 45.6 Å². The van der Waals surface area contributed by atoms with Gasteiger partial charge in [0.05, 0.1) is 43.2 Å². The summed E-state index contributed by atoms with van der Waals surface area (Å²) in [4.78, 5) is 25.6. The maximum Gasteiger partial charge on any atom is 0.340 e. The van der Waals surface area contributed by atoms with Crippen LogP contribution in [0.3, 0.4) is 0 Å². The van der Waals surface area contributed by atoms with E-state index in [0.29, 0.717) is 5.69 Å². The number of benzene rings is 3. The van der Waals surface area contributed by atoms with Crippen LogP contribution in [0.2, 0.25) is 0 Å². The Balaban J connectivity index is 2.01. The third-order valence-electron chi connectivity index (χ3n) is 5.42. The number of hydrogen-bond donors (Lipinski definition) is 1. The van der Waals surface area contributed by atoms with Crippen molar-refractivity contribution >= 4 is 33.3 Å². The lowest BCUT2D eigenvalue weighted by Gasteiger charge is -2.24. The molecule has 10 heteroatoms. The average Bonchev–Trinajstić information content (AvgIpc) is 2.87. The predicted molar refractivity (Wildman–Crippen MR) is 136 cm³/mol. The van der Waals surface area contributed by atoms with Gasteiger partial charge in [0, 0.05) is 12.1 Å². The lowest BCUT2D eigenvalue weighted by atomic mass is 10.1. The highest BCUT2D eigenvalue weighted by Gasteiger charge is 2.28. The number of amides is 1. The van der Waals surface area contributed by atoms with Crippen LogP contribution in [-0.2, 0) is 19.6 Å². The molecule has 0 aromatic heterocycles. The molecule has 0 aliphatic carbocycles. The first-order valence-corrected chi connectivity index (χ1v) is 12.3. The van der Waals surface area contributed by atoms with E-state index >= 15 is 0 Å². The number of methoxy groups -OCH3 is 3. The largest absolute Gasteiger partial charge is 0.493 e. The Labute approximate surface area is 210 Å². The van der Waals surface area contributed by atoms with Crippen LogP contribution in [0.25, 0.3) is 0 Å². The van der Waals surface area contributed by atoms with Crippen molar-refractivity contribution in [3.63, 3.8) is 0 Å². The van der Waals surface area contributed by atoms with Gasteiger partial charge in [0.15, 0.2) is 11.5 Å². The number of anilines is 2. The molecular weight excluding hydrogens is 484 g/mol. The predicted octanol–water partition coefficient (Wildman–Crippen LogP) is 3.94. The molecule has 0 unspecified atom stereocenters. The highest BCUT2D eigenvalue weighted by atomic mass is 32.2. The molecule has 0 aliphatic heterocycles. The number of carbonyl (C=O) groups is 2. The maximum absolute atomic E-state index is 13.6. The third kappa shape index (κ3) is 5.77. The molecule has 1 N–H and O–H groups in total. The van der Waals surface area contributed by atoms with Gasteiger partial charge in [0.25, 0.3) is 10.0 Å². The number of nitrogens with zero attached hydrogens (tertiary/aromatic N) is 1. The number of hydrogen-bond acceptors (Lipinski definition) is 7. The second kappa shape index (κ2) is 11.1. The zero-order valence-electron chi connectivity index (χ0n) is 20.7. The van der Waals surface area contributed by atoms with Crippen LogP contribution in [0.4, 0.5) is 11.4 Å². The SMILES string of the molecule is COC(=O)c1cc(OC)c(OC)cc1NC(=O)CN(c1ccc(C)cc1)S(=O)(=O)c1ccc(C)cc1. The third-order valence-corrected chi connectivity index (χ3v) is 7.21. The molecule has 0 fully saturated rings. The number of ether oxygens (including phenoxy) is 3. The zero-order chi connectivity index (χ0) is 26.5. The fourth-order valence-corrected chi connectivity index (χ4v) is 4.87. The number of nitrogens with one attached hydrogen (secondary N) is 1. The molecule has 0 atom stereocenters. The monoisotopic (exact) mass is 512 g/mol. The standard InChI is InChI=1S/C26H28N2O7S/c1-17-6-10-19(11-7-17)28(36(31,32)20-12-8-18(2)9-13-20)16-25(29)27-22-15-24(34-4)23(33-3)14-21(22)26(30)35-5/h6-15H,16H2,1-5H3,(H,27,29). The van der Waals surface area contributed by atoms with Crippen LogP contribution in [0.5, 0.6) is 11.5 Å². The van der Waals surface area contributed by atoms with Gasteiger partial charge in [-0.15, -0.1) is 0 Å². The number of carbonyl (C=O) groups excluding carboxylic acids is 2. The molecule has 3 aromatic carbocycles. The van der Waals surface area contributed by atoms with E-state index in [1.807, 2.05) is 13.8 Å². The molecule has 0 aliphatic rings. The van der Waals surface area contributed by atoms with E-state index in [0.717, 1.165) is 15.4 Å². The van der Waals surface area contributed by atoms with Crippen molar-refractivity contribution in [3.8, 4) is 11.5 Å². The molecule has 0 saturated heterocycles. The van der Waals surface area contributed by atoms with Crippen LogP contribution >= 0.6 is 0 Å². The van der Waals surface area contributed by atoms with E-state index in [-0.39, 0.29) is 27.6 Å². The van der Waals surface area contributed by atoms with Crippen molar-refractivity contribution < 1.29 is 32.2 Å². The number of aryl methyl sites for hydroxylation is 2. The second-order valence-electron chi connectivity index (χ2n) is 7.95. The van der Waals surface area contributed by atoms with E-state index in [4.69, 9.17) is 14.2 Å². The van der Waals surface area contributed by atoms with Crippen LogP contribution < -0.4 is 19.1 Å². The summed E-state index contributed by atoms with van der Waals surface area (Å²) in [6.07, 6.45) is 0. The van der Waals surface area contributed by atoms with Gasteiger partial charge in [-0.1, -0.05) is 35.4 Å². The van der Waals surface area contributed by atoms with Gasteiger partial charge in [0.2, 0.25) is 5.91 Å². The Morgan fingerprint density at radius 1 is 0.833 bits per heavy atom. The summed E-state index contributed by atoms with van der Waals surface area (Å²) in [5.41, 5.74) is 2.26. The Morgan fingerprint density at radius 3 is 1.89 bits per heavy atom. The maximum atomic E-state index is 13.6. The fourth-order valence-electron chi connectivity index (χ4n) is 3.44. The minimum absolute atomic E-state index is 0.0202. The summed E-state index contributed by atoms with van der Waals surface area (Å²) >= 11 is 0. The number of esters is 1. The number of rotatable bonds is 9. The van der Waals surface area contributed by atoms with E-state index < -0.39 is 28.4 Å². The zero-order valence-corrected chi connectivity index (χ0v) is 21.5. The first kappa shape index (κ1) is 26.6. The van der Waals surface area contributed by atoms with Crippen LogP contribution in [0, 0.1) is 13.8 Å². The van der Waals surface area contributed by atoms with Crippen molar-refractivity contribution in [2.75, 3.05) is 37.5 Å². The molecule has 0 heterocycles. The van der Waals surface area contributed by atoms with Crippen molar-refractivity contribution in [2.45, 2.75) is 18.7 Å². The lowest BCUT2D eigenvalue weighted by Crippen LogP contribution is -2.38. The molecule has 36 heavy (non-hydrogen) atoms. The van der Waals surface area contributed by atoms with Gasteiger partial charge < -0.3 is 19.5 Å². The van der Waals surface area contributed by atoms with E-state index in [1.54, 1.807) is 36.4 Å². The first-order chi connectivity index (χ1) is 17.1. The Kier molecular flexibility index (Phi) is 8.21. The molecule has 3 aromatic rings. The van der Waals surface area contributed by atoms with Gasteiger partial charge >= 0.3 is 5.97 Å². The van der Waals surface area contributed by atoms with Crippen LogP contribution in [-0.4, -0.2) is 48.2 Å². The van der Waals surface area contributed by atoms with Gasteiger partial charge in [-0.3, -0.25) is 9.10 Å². The van der Waals surface area contributed by atoms with E-state index in [2.05, 4.69) is 5.32 Å². The molecule has 0 radical (unpaired) electrons.